The van der Waals surface area contributed by atoms with Crippen LogP contribution in [0, 0.1) is 5.82 Å². The molecular formula is C12H12F4N2O2S. The Labute approximate surface area is 118 Å². The Morgan fingerprint density at radius 3 is 2.33 bits per heavy atom. The van der Waals surface area contributed by atoms with Gasteiger partial charge in [-0.25, -0.2) is 13.0 Å². The highest BCUT2D eigenvalue weighted by atomic mass is 32.2. The summed E-state index contributed by atoms with van der Waals surface area (Å²) in [5, 5.41) is 2.45. The van der Waals surface area contributed by atoms with Gasteiger partial charge in [-0.1, -0.05) is 0 Å². The number of hydrogen-bond donors (Lipinski definition) is 1. The second-order valence-electron chi connectivity index (χ2n) is 4.55. The van der Waals surface area contributed by atoms with E-state index < -0.39 is 38.4 Å². The molecule has 0 bridgehead atoms. The molecule has 0 aliphatic heterocycles. The summed E-state index contributed by atoms with van der Waals surface area (Å²) >= 11 is 0. The van der Waals surface area contributed by atoms with Crippen LogP contribution in [0.1, 0.15) is 12.8 Å². The van der Waals surface area contributed by atoms with Crippen molar-refractivity contribution in [2.24, 2.45) is 4.36 Å². The van der Waals surface area contributed by atoms with Gasteiger partial charge in [0.1, 0.15) is 12.4 Å². The van der Waals surface area contributed by atoms with Gasteiger partial charge in [-0.05, 0) is 37.1 Å². The standard InChI is InChI=1S/C12H12F4N2O2S/c13-8-1-5-10(6-2-8)21(20,12(14,15)16)17-7-11(19)18-9-3-4-9/h1-2,5-6,9H,3-4,7H2,(H,18,19). The molecule has 1 saturated carbocycles. The minimum atomic E-state index is -5.15. The fourth-order valence-electron chi connectivity index (χ4n) is 1.55. The average Bonchev–Trinajstić information content (AvgIpc) is 3.19. The van der Waals surface area contributed by atoms with Gasteiger partial charge in [-0.15, -0.1) is 0 Å². The maximum atomic E-state index is 13.0. The third-order valence-corrected chi connectivity index (χ3v) is 4.81. The van der Waals surface area contributed by atoms with Crippen LogP contribution in [-0.4, -0.2) is 28.2 Å². The first-order valence-corrected chi connectivity index (χ1v) is 7.58. The van der Waals surface area contributed by atoms with E-state index in [0.29, 0.717) is 0 Å². The number of rotatable bonds is 4. The minimum absolute atomic E-state index is 0.0274. The fourth-order valence-corrected chi connectivity index (χ4v) is 2.92. The first-order chi connectivity index (χ1) is 9.72. The number of nitrogens with zero attached hydrogens (tertiary/aromatic N) is 1. The predicted molar refractivity (Wildman–Crippen MR) is 67.3 cm³/mol. The van der Waals surface area contributed by atoms with Crippen molar-refractivity contribution >= 4 is 15.6 Å². The van der Waals surface area contributed by atoms with Crippen LogP contribution in [0.25, 0.3) is 0 Å². The van der Waals surface area contributed by atoms with Gasteiger partial charge >= 0.3 is 5.51 Å². The molecule has 1 atom stereocenters. The number of carbonyl (C=O) groups excluding carboxylic acids is 1. The van der Waals surface area contributed by atoms with Crippen LogP contribution in [-0.2, 0) is 14.5 Å². The van der Waals surface area contributed by atoms with Crippen molar-refractivity contribution in [3.05, 3.63) is 30.1 Å². The summed E-state index contributed by atoms with van der Waals surface area (Å²) < 4.78 is 67.0. The molecule has 9 heteroatoms. The van der Waals surface area contributed by atoms with Crippen molar-refractivity contribution in [3.63, 3.8) is 0 Å². The van der Waals surface area contributed by atoms with E-state index in [2.05, 4.69) is 9.68 Å². The average molecular weight is 324 g/mol. The quantitative estimate of drug-likeness (QED) is 0.865. The van der Waals surface area contributed by atoms with E-state index >= 15 is 0 Å². The normalized spacial score (nSPS) is 17.9. The summed E-state index contributed by atoms with van der Waals surface area (Å²) in [6, 6.07) is 3.02. The fraction of sp³-hybridized carbons (Fsp3) is 0.417. The van der Waals surface area contributed by atoms with Crippen molar-refractivity contribution in [3.8, 4) is 0 Å². The summed E-state index contributed by atoms with van der Waals surface area (Å²) in [7, 11) is -4.81. The van der Waals surface area contributed by atoms with Crippen LogP contribution in [0.15, 0.2) is 33.5 Å². The number of halogens is 4. The van der Waals surface area contributed by atoms with E-state index in [-0.39, 0.29) is 6.04 Å². The van der Waals surface area contributed by atoms with Crippen LogP contribution in [0.5, 0.6) is 0 Å². The molecule has 2 rings (SSSR count). The van der Waals surface area contributed by atoms with Crippen molar-refractivity contribution in [2.45, 2.75) is 29.3 Å². The molecule has 1 aliphatic rings. The topological polar surface area (TPSA) is 58.5 Å². The van der Waals surface area contributed by atoms with E-state index in [4.69, 9.17) is 0 Å². The van der Waals surface area contributed by atoms with Crippen molar-refractivity contribution in [2.75, 3.05) is 6.54 Å². The lowest BCUT2D eigenvalue weighted by Crippen LogP contribution is -2.30. The molecule has 21 heavy (non-hydrogen) atoms. The van der Waals surface area contributed by atoms with Gasteiger partial charge in [-0.3, -0.25) is 4.79 Å². The van der Waals surface area contributed by atoms with Crippen LogP contribution in [0.3, 0.4) is 0 Å². The second kappa shape index (κ2) is 5.63. The van der Waals surface area contributed by atoms with Crippen LogP contribution < -0.4 is 5.32 Å². The lowest BCUT2D eigenvalue weighted by atomic mass is 10.4. The SMILES string of the molecule is O=C(CN=S(=O)(c1ccc(F)cc1)C(F)(F)F)NC1CC1. The summed E-state index contributed by atoms with van der Waals surface area (Å²) in [5.41, 5.74) is -5.15. The first kappa shape index (κ1) is 15.7. The van der Waals surface area contributed by atoms with Crippen LogP contribution in [0.4, 0.5) is 17.6 Å². The molecule has 0 aromatic heterocycles. The van der Waals surface area contributed by atoms with E-state index in [1.807, 2.05) is 0 Å². The third-order valence-electron chi connectivity index (χ3n) is 2.78. The maximum absolute atomic E-state index is 13.0. The Balaban J connectivity index is 2.30. The molecule has 1 aromatic rings. The zero-order valence-corrected chi connectivity index (χ0v) is 11.5. The monoisotopic (exact) mass is 324 g/mol. The summed E-state index contributed by atoms with van der Waals surface area (Å²) in [6.07, 6.45) is 1.55. The molecule has 116 valence electrons. The van der Waals surface area contributed by atoms with Gasteiger partial charge in [0, 0.05) is 6.04 Å². The number of hydrogen-bond acceptors (Lipinski definition) is 3. The molecule has 4 nitrogen and oxygen atoms in total. The molecule has 1 fully saturated rings. The molecule has 1 aromatic carbocycles. The van der Waals surface area contributed by atoms with E-state index in [1.165, 1.54) is 0 Å². The van der Waals surface area contributed by atoms with Gasteiger partial charge in [-0.2, -0.15) is 13.2 Å². The molecule has 1 N–H and O–H groups in total. The molecule has 1 aliphatic carbocycles. The maximum Gasteiger partial charge on any atom is 0.483 e. The van der Waals surface area contributed by atoms with E-state index in [0.717, 1.165) is 37.1 Å². The lowest BCUT2D eigenvalue weighted by molar-refractivity contribution is -0.119. The number of carbonyl (C=O) groups is 1. The smallest absolute Gasteiger partial charge is 0.352 e. The van der Waals surface area contributed by atoms with Crippen molar-refractivity contribution < 1.29 is 26.6 Å². The number of amides is 1. The summed E-state index contributed by atoms with van der Waals surface area (Å²) in [6.45, 7) is -0.855. The number of alkyl halides is 3. The van der Waals surface area contributed by atoms with Crippen molar-refractivity contribution in [1.82, 2.24) is 5.32 Å². The lowest BCUT2D eigenvalue weighted by Gasteiger charge is -2.14. The minimum Gasteiger partial charge on any atom is -0.352 e. The van der Waals surface area contributed by atoms with E-state index in [9.17, 15) is 26.6 Å². The molecule has 0 heterocycles. The Bertz CT molecular complexity index is 644. The first-order valence-electron chi connectivity index (χ1n) is 6.06. The highest BCUT2D eigenvalue weighted by Gasteiger charge is 2.44. The largest absolute Gasteiger partial charge is 0.483 e. The third kappa shape index (κ3) is 3.72. The van der Waals surface area contributed by atoms with Crippen LogP contribution in [0.2, 0.25) is 0 Å². The molecule has 1 amide bonds. The van der Waals surface area contributed by atoms with E-state index in [1.54, 1.807) is 0 Å². The Morgan fingerprint density at radius 1 is 1.29 bits per heavy atom. The molecule has 0 radical (unpaired) electrons. The molecule has 1 unspecified atom stereocenters. The molecule has 0 spiro atoms. The summed E-state index contributed by atoms with van der Waals surface area (Å²) in [4.78, 5) is 10.7. The van der Waals surface area contributed by atoms with Crippen LogP contribution >= 0.6 is 0 Å². The zero-order valence-electron chi connectivity index (χ0n) is 10.7. The highest BCUT2D eigenvalue weighted by molar-refractivity contribution is 7.94. The Hall–Kier alpha value is -1.64. The highest BCUT2D eigenvalue weighted by Crippen LogP contribution is 2.32. The molecule has 0 saturated heterocycles. The van der Waals surface area contributed by atoms with Gasteiger partial charge in [0.15, 0.2) is 9.73 Å². The predicted octanol–water partition coefficient (Wildman–Crippen LogP) is 2.45. The summed E-state index contributed by atoms with van der Waals surface area (Å²) in [5.74, 6) is -1.47. The Kier molecular flexibility index (Phi) is 4.22. The second-order valence-corrected chi connectivity index (χ2v) is 6.80. The van der Waals surface area contributed by atoms with Crippen molar-refractivity contribution in [1.29, 1.82) is 0 Å². The van der Waals surface area contributed by atoms with Gasteiger partial charge < -0.3 is 5.32 Å². The van der Waals surface area contributed by atoms with Gasteiger partial charge in [0.2, 0.25) is 5.91 Å². The van der Waals surface area contributed by atoms with Gasteiger partial charge in [0.25, 0.3) is 0 Å². The number of nitrogens with one attached hydrogen (secondary N) is 1. The zero-order chi connectivity index (χ0) is 15.7. The Morgan fingerprint density at radius 2 is 1.86 bits per heavy atom. The number of benzene rings is 1. The van der Waals surface area contributed by atoms with Gasteiger partial charge in [0.05, 0.1) is 4.90 Å². The molecular weight excluding hydrogens is 312 g/mol.